The molecule has 2 heteroatoms. The zero-order valence-electron chi connectivity index (χ0n) is 12.7. The van der Waals surface area contributed by atoms with Crippen molar-refractivity contribution < 1.29 is 4.79 Å². The van der Waals surface area contributed by atoms with E-state index in [-0.39, 0.29) is 5.41 Å². The van der Waals surface area contributed by atoms with Gasteiger partial charge in [-0.05, 0) is 68.1 Å². The second kappa shape index (κ2) is 4.83. The lowest BCUT2D eigenvalue weighted by molar-refractivity contribution is -0.133. The Bertz CT molecular complexity index is 406. The third kappa shape index (κ3) is 1.70. The molecule has 0 aromatic carbocycles. The van der Waals surface area contributed by atoms with Crippen molar-refractivity contribution in [3.05, 3.63) is 0 Å². The van der Waals surface area contributed by atoms with Crippen molar-refractivity contribution in [1.82, 2.24) is 0 Å². The van der Waals surface area contributed by atoms with Gasteiger partial charge in [0.25, 0.3) is 0 Å². The predicted octanol–water partition coefficient (Wildman–Crippen LogP) is 3.54. The van der Waals surface area contributed by atoms with Gasteiger partial charge in [0.05, 0.1) is 0 Å². The highest BCUT2D eigenvalue weighted by molar-refractivity contribution is 5.87. The molecule has 0 amide bonds. The number of nitrogens with two attached hydrogens (primary N) is 1. The molecular weight excluding hydrogens is 246 g/mol. The van der Waals surface area contributed by atoms with Crippen molar-refractivity contribution >= 4 is 5.78 Å². The van der Waals surface area contributed by atoms with Crippen LogP contribution < -0.4 is 5.73 Å². The lowest BCUT2D eigenvalue weighted by Crippen LogP contribution is -2.52. The molecule has 0 saturated heterocycles. The third-order valence-electron chi connectivity index (χ3n) is 7.69. The van der Waals surface area contributed by atoms with Gasteiger partial charge >= 0.3 is 0 Å². The fourth-order valence-electron chi connectivity index (χ4n) is 6.78. The van der Waals surface area contributed by atoms with Crippen LogP contribution in [0.15, 0.2) is 0 Å². The van der Waals surface area contributed by atoms with Crippen LogP contribution in [0.2, 0.25) is 0 Å². The third-order valence-corrected chi connectivity index (χ3v) is 7.69. The summed E-state index contributed by atoms with van der Waals surface area (Å²) in [5, 5.41) is 0. The second-order valence-electron chi connectivity index (χ2n) is 8.08. The molecule has 4 saturated carbocycles. The standard InChI is InChI=1S/C18H29NO/c19-11-18-10-9-14-13-4-2-1-3-12(13)5-6-15(14)16(18)7-8-17(18)20/h12-16H,1-11,19H2/t12?,13-,14+,15+,16-,18+/m0/s1. The smallest absolute Gasteiger partial charge is 0.140 e. The molecule has 0 spiro atoms. The minimum Gasteiger partial charge on any atom is -0.329 e. The first-order valence-corrected chi connectivity index (χ1v) is 8.99. The molecule has 0 aliphatic heterocycles. The van der Waals surface area contributed by atoms with E-state index in [1.54, 1.807) is 0 Å². The molecule has 0 aromatic rings. The van der Waals surface area contributed by atoms with Gasteiger partial charge in [0, 0.05) is 18.4 Å². The number of carbonyl (C=O) groups is 1. The summed E-state index contributed by atoms with van der Waals surface area (Å²) in [6.45, 7) is 0.619. The number of fused-ring (bicyclic) bond motifs is 5. The number of hydrogen-bond donors (Lipinski definition) is 1. The number of carbonyl (C=O) groups excluding carboxylic acids is 1. The Morgan fingerprint density at radius 3 is 2.65 bits per heavy atom. The Kier molecular flexibility index (Phi) is 3.21. The Balaban J connectivity index is 1.62. The lowest BCUT2D eigenvalue weighted by Gasteiger charge is -2.54. The zero-order valence-corrected chi connectivity index (χ0v) is 12.7. The molecule has 4 rings (SSSR count). The Morgan fingerprint density at radius 2 is 1.80 bits per heavy atom. The molecule has 2 N–H and O–H groups in total. The largest absolute Gasteiger partial charge is 0.329 e. The SMILES string of the molecule is NC[C@]12CC[C@H]3[C@@H](CCC4CCCC[C@@H]43)[C@@H]1CCC2=O. The van der Waals surface area contributed by atoms with Crippen LogP contribution in [-0.4, -0.2) is 12.3 Å². The Labute approximate surface area is 122 Å². The number of hydrogen-bond acceptors (Lipinski definition) is 2. The summed E-state index contributed by atoms with van der Waals surface area (Å²) in [6.07, 6.45) is 13.1. The van der Waals surface area contributed by atoms with Gasteiger partial charge in [0.1, 0.15) is 5.78 Å². The minimum absolute atomic E-state index is 0.0946. The molecule has 6 atom stereocenters. The lowest BCUT2D eigenvalue weighted by atomic mass is 9.50. The average Bonchev–Trinajstić information content (AvgIpc) is 2.85. The molecule has 4 aliphatic carbocycles. The van der Waals surface area contributed by atoms with Gasteiger partial charge < -0.3 is 5.73 Å². The number of rotatable bonds is 1. The van der Waals surface area contributed by atoms with Crippen LogP contribution in [0.5, 0.6) is 0 Å². The van der Waals surface area contributed by atoms with Crippen molar-refractivity contribution in [2.45, 2.75) is 64.2 Å². The van der Waals surface area contributed by atoms with Crippen molar-refractivity contribution in [2.75, 3.05) is 6.54 Å². The maximum absolute atomic E-state index is 12.4. The van der Waals surface area contributed by atoms with E-state index in [0.29, 0.717) is 18.2 Å². The van der Waals surface area contributed by atoms with Crippen LogP contribution in [0.1, 0.15) is 64.2 Å². The molecule has 112 valence electrons. The second-order valence-corrected chi connectivity index (χ2v) is 8.08. The summed E-state index contributed by atoms with van der Waals surface area (Å²) >= 11 is 0. The van der Waals surface area contributed by atoms with Gasteiger partial charge in [-0.2, -0.15) is 0 Å². The van der Waals surface area contributed by atoms with E-state index in [0.717, 1.165) is 42.9 Å². The first kappa shape index (κ1) is 13.3. The van der Waals surface area contributed by atoms with Gasteiger partial charge in [-0.25, -0.2) is 0 Å². The van der Waals surface area contributed by atoms with Crippen LogP contribution in [-0.2, 0) is 4.79 Å². The van der Waals surface area contributed by atoms with Crippen molar-refractivity contribution in [2.24, 2.45) is 40.7 Å². The summed E-state index contributed by atoms with van der Waals surface area (Å²) in [5.74, 6) is 4.93. The van der Waals surface area contributed by atoms with Crippen molar-refractivity contribution in [3.63, 3.8) is 0 Å². The van der Waals surface area contributed by atoms with Gasteiger partial charge in [-0.1, -0.05) is 19.3 Å². The van der Waals surface area contributed by atoms with E-state index in [1.807, 2.05) is 0 Å². The van der Waals surface area contributed by atoms with Crippen LogP contribution >= 0.6 is 0 Å². The van der Waals surface area contributed by atoms with Crippen LogP contribution in [0, 0.1) is 35.0 Å². The average molecular weight is 275 g/mol. The molecule has 0 heterocycles. The normalized spacial score (nSPS) is 51.2. The molecule has 2 nitrogen and oxygen atoms in total. The Hall–Kier alpha value is -0.370. The van der Waals surface area contributed by atoms with E-state index in [4.69, 9.17) is 5.73 Å². The van der Waals surface area contributed by atoms with Gasteiger partial charge in [-0.15, -0.1) is 0 Å². The molecule has 1 unspecified atom stereocenters. The molecular formula is C18H29NO. The van der Waals surface area contributed by atoms with E-state index < -0.39 is 0 Å². The number of ketones is 1. The molecule has 0 bridgehead atoms. The predicted molar refractivity (Wildman–Crippen MR) is 80.1 cm³/mol. The monoisotopic (exact) mass is 275 g/mol. The molecule has 0 radical (unpaired) electrons. The van der Waals surface area contributed by atoms with Gasteiger partial charge in [-0.3, -0.25) is 4.79 Å². The van der Waals surface area contributed by atoms with E-state index >= 15 is 0 Å². The highest BCUT2D eigenvalue weighted by atomic mass is 16.1. The first-order chi connectivity index (χ1) is 9.76. The minimum atomic E-state index is -0.0946. The van der Waals surface area contributed by atoms with Crippen LogP contribution in [0.4, 0.5) is 0 Å². The molecule has 20 heavy (non-hydrogen) atoms. The number of Topliss-reactive ketones (excluding diaryl/α,β-unsaturated/α-hetero) is 1. The highest BCUT2D eigenvalue weighted by Gasteiger charge is 2.58. The van der Waals surface area contributed by atoms with Crippen LogP contribution in [0.25, 0.3) is 0 Å². The Morgan fingerprint density at radius 1 is 0.950 bits per heavy atom. The maximum Gasteiger partial charge on any atom is 0.140 e. The van der Waals surface area contributed by atoms with Crippen LogP contribution in [0.3, 0.4) is 0 Å². The van der Waals surface area contributed by atoms with Crippen molar-refractivity contribution in [3.8, 4) is 0 Å². The highest BCUT2D eigenvalue weighted by Crippen LogP contribution is 2.61. The quantitative estimate of drug-likeness (QED) is 0.795. The summed E-state index contributed by atoms with van der Waals surface area (Å²) in [6, 6.07) is 0. The first-order valence-electron chi connectivity index (χ1n) is 8.99. The zero-order chi connectivity index (χ0) is 13.7. The van der Waals surface area contributed by atoms with E-state index in [2.05, 4.69) is 0 Å². The van der Waals surface area contributed by atoms with Crippen molar-refractivity contribution in [1.29, 1.82) is 0 Å². The summed E-state index contributed by atoms with van der Waals surface area (Å²) in [5.41, 5.74) is 6.01. The van der Waals surface area contributed by atoms with Gasteiger partial charge in [0.15, 0.2) is 0 Å². The fourth-order valence-corrected chi connectivity index (χ4v) is 6.78. The summed E-state index contributed by atoms with van der Waals surface area (Å²) in [4.78, 5) is 12.4. The molecule has 4 aliphatic rings. The van der Waals surface area contributed by atoms with E-state index in [1.165, 1.54) is 44.9 Å². The summed E-state index contributed by atoms with van der Waals surface area (Å²) in [7, 11) is 0. The van der Waals surface area contributed by atoms with E-state index in [9.17, 15) is 4.79 Å². The fraction of sp³-hybridized carbons (Fsp3) is 0.944. The van der Waals surface area contributed by atoms with Gasteiger partial charge in [0.2, 0.25) is 0 Å². The maximum atomic E-state index is 12.4. The topological polar surface area (TPSA) is 43.1 Å². The molecule has 0 aromatic heterocycles. The molecule has 4 fully saturated rings. The summed E-state index contributed by atoms with van der Waals surface area (Å²) < 4.78 is 0.